The summed E-state index contributed by atoms with van der Waals surface area (Å²) in [6.07, 6.45) is 2.29. The SMILES string of the molecule is COC(=O)N[C@H](C(=O)N1CCC[C@H]1C(=O)Cc1ccc2c3ccc(CC(=O)[C@@H]4CCCN4C(=O)[C@@H](NC(C)=O)C(C)C)cc3n(C)c2c1)C(C)C. The molecule has 3 heterocycles. The van der Waals surface area contributed by atoms with E-state index in [1.807, 2.05) is 71.1 Å². The molecule has 12 nitrogen and oxygen atoms in total. The van der Waals surface area contributed by atoms with Crippen LogP contribution >= 0.6 is 0 Å². The van der Waals surface area contributed by atoms with Crippen molar-refractivity contribution in [1.29, 1.82) is 0 Å². The third-order valence-corrected chi connectivity index (χ3v) is 10.4. The van der Waals surface area contributed by atoms with Gasteiger partial charge in [0.1, 0.15) is 12.1 Å². The first-order valence-electron chi connectivity index (χ1n) is 18.0. The second kappa shape index (κ2) is 15.7. The molecule has 0 aliphatic carbocycles. The standard InChI is InChI=1S/C39H51N5O7/c1-22(2)35(40-24(5)45)37(48)43-16-8-10-29(43)33(46)20-25-12-14-27-28-15-13-26(19-32(28)42(6)31(27)18-25)21-34(47)30-11-9-17-44(30)38(49)36(23(3)4)41-39(50)51-7/h12-15,18-19,22-23,29-30,35-36H,8-11,16-17,20-21H2,1-7H3,(H,40,45)(H,41,50)/t29-,30-,35-,36-/m0/s1. The normalized spacial score (nSPS) is 18.8. The summed E-state index contributed by atoms with van der Waals surface area (Å²) >= 11 is 0. The Hall–Kier alpha value is -4.74. The Labute approximate surface area is 299 Å². The van der Waals surface area contributed by atoms with Gasteiger partial charge in [-0.2, -0.15) is 0 Å². The highest BCUT2D eigenvalue weighted by atomic mass is 16.5. The number of carbonyl (C=O) groups excluding carboxylic acids is 6. The highest BCUT2D eigenvalue weighted by Gasteiger charge is 2.39. The lowest BCUT2D eigenvalue weighted by Crippen LogP contribution is -2.53. The Morgan fingerprint density at radius 1 is 0.725 bits per heavy atom. The zero-order chi connectivity index (χ0) is 37.1. The van der Waals surface area contributed by atoms with E-state index >= 15 is 0 Å². The Bertz CT molecular complexity index is 1850. The van der Waals surface area contributed by atoms with Gasteiger partial charge >= 0.3 is 6.09 Å². The van der Waals surface area contributed by atoms with Crippen LogP contribution in [0.4, 0.5) is 4.79 Å². The molecule has 2 aromatic carbocycles. The van der Waals surface area contributed by atoms with Gasteiger partial charge in [-0.05, 0) is 60.8 Å². The smallest absolute Gasteiger partial charge is 0.407 e. The van der Waals surface area contributed by atoms with Crippen LogP contribution in [0.5, 0.6) is 0 Å². The molecule has 12 heteroatoms. The first kappa shape index (κ1) is 37.5. The second-order valence-electron chi connectivity index (χ2n) is 14.7. The summed E-state index contributed by atoms with van der Waals surface area (Å²) < 4.78 is 6.78. The predicted molar refractivity (Wildman–Crippen MR) is 194 cm³/mol. The molecule has 2 fully saturated rings. The number of ketones is 2. The van der Waals surface area contributed by atoms with Crippen molar-refractivity contribution in [2.45, 2.75) is 97.3 Å². The highest BCUT2D eigenvalue weighted by Crippen LogP contribution is 2.31. The lowest BCUT2D eigenvalue weighted by molar-refractivity contribution is -0.141. The van der Waals surface area contributed by atoms with Crippen LogP contribution in [0.1, 0.15) is 71.4 Å². The summed E-state index contributed by atoms with van der Waals surface area (Å²) in [4.78, 5) is 81.1. The van der Waals surface area contributed by atoms with E-state index in [1.165, 1.54) is 14.0 Å². The molecule has 2 aliphatic rings. The number of amides is 4. The fraction of sp³-hybridized carbons (Fsp3) is 0.538. The topological polar surface area (TPSA) is 147 Å². The molecule has 0 radical (unpaired) electrons. The molecule has 0 bridgehead atoms. The molecule has 2 N–H and O–H groups in total. The summed E-state index contributed by atoms with van der Waals surface area (Å²) in [6, 6.07) is 9.42. The highest BCUT2D eigenvalue weighted by molar-refractivity contribution is 6.09. The Morgan fingerprint density at radius 2 is 1.16 bits per heavy atom. The number of hydrogen-bond donors (Lipinski definition) is 2. The molecule has 0 spiro atoms. The summed E-state index contributed by atoms with van der Waals surface area (Å²) in [5, 5.41) is 7.44. The van der Waals surface area contributed by atoms with Crippen LogP contribution in [0.2, 0.25) is 0 Å². The number of aromatic nitrogens is 1. The number of aryl methyl sites for hydroxylation is 1. The number of fused-ring (bicyclic) bond motifs is 3. The maximum Gasteiger partial charge on any atom is 0.407 e. The number of nitrogens with zero attached hydrogens (tertiary/aromatic N) is 3. The first-order chi connectivity index (χ1) is 24.2. The van der Waals surface area contributed by atoms with Gasteiger partial charge in [-0.1, -0.05) is 52.0 Å². The fourth-order valence-electron chi connectivity index (χ4n) is 7.67. The van der Waals surface area contributed by atoms with Crippen LogP contribution in [0.3, 0.4) is 0 Å². The second-order valence-corrected chi connectivity index (χ2v) is 14.7. The Balaban J connectivity index is 1.31. The zero-order valence-electron chi connectivity index (χ0n) is 30.8. The van der Waals surface area contributed by atoms with Gasteiger partial charge in [0, 0.05) is 61.7 Å². The van der Waals surface area contributed by atoms with Gasteiger partial charge in [-0.25, -0.2) is 4.79 Å². The summed E-state index contributed by atoms with van der Waals surface area (Å²) in [5.74, 6) is -1.11. The van der Waals surface area contributed by atoms with E-state index in [0.717, 1.165) is 39.4 Å². The molecule has 0 unspecified atom stereocenters. The van der Waals surface area contributed by atoms with Crippen molar-refractivity contribution >= 4 is 57.2 Å². The van der Waals surface area contributed by atoms with Crippen LogP contribution in [-0.4, -0.2) is 94.1 Å². The number of rotatable bonds is 12. The van der Waals surface area contributed by atoms with E-state index < -0.39 is 30.3 Å². The van der Waals surface area contributed by atoms with Crippen molar-refractivity contribution in [1.82, 2.24) is 25.0 Å². The van der Waals surface area contributed by atoms with Gasteiger partial charge in [-0.15, -0.1) is 0 Å². The number of hydrogen-bond acceptors (Lipinski definition) is 7. The van der Waals surface area contributed by atoms with E-state index in [0.29, 0.717) is 32.4 Å². The van der Waals surface area contributed by atoms with Crippen LogP contribution in [0.25, 0.3) is 21.8 Å². The Morgan fingerprint density at radius 3 is 1.55 bits per heavy atom. The van der Waals surface area contributed by atoms with Crippen molar-refractivity contribution in [3.8, 4) is 0 Å². The molecular formula is C39H51N5O7. The Kier molecular flexibility index (Phi) is 11.5. The minimum absolute atomic E-state index is 0.0228. The lowest BCUT2D eigenvalue weighted by Gasteiger charge is -2.30. The summed E-state index contributed by atoms with van der Waals surface area (Å²) in [5.41, 5.74) is 3.59. The number of ether oxygens (including phenoxy) is 1. The van der Waals surface area contributed by atoms with Gasteiger partial charge in [0.15, 0.2) is 11.6 Å². The molecule has 0 saturated carbocycles. The monoisotopic (exact) mass is 701 g/mol. The average molecular weight is 702 g/mol. The molecule has 2 aliphatic heterocycles. The summed E-state index contributed by atoms with van der Waals surface area (Å²) in [7, 11) is 3.22. The van der Waals surface area contributed by atoms with E-state index in [1.54, 1.807) is 9.80 Å². The van der Waals surface area contributed by atoms with Gasteiger partial charge < -0.3 is 29.7 Å². The van der Waals surface area contributed by atoms with Crippen molar-refractivity contribution in [3.63, 3.8) is 0 Å². The van der Waals surface area contributed by atoms with Crippen LogP contribution in [-0.2, 0) is 48.6 Å². The lowest BCUT2D eigenvalue weighted by atomic mass is 9.98. The molecule has 5 rings (SSSR count). The molecule has 2 saturated heterocycles. The van der Waals surface area contributed by atoms with Crippen molar-refractivity contribution < 1.29 is 33.5 Å². The van der Waals surface area contributed by atoms with E-state index in [9.17, 15) is 28.8 Å². The molecule has 4 atom stereocenters. The minimum atomic E-state index is -0.787. The number of Topliss-reactive ketones (excluding diaryl/α,β-unsaturated/α-hetero) is 2. The maximum atomic E-state index is 13.6. The van der Waals surface area contributed by atoms with Crippen LogP contribution < -0.4 is 10.6 Å². The van der Waals surface area contributed by atoms with E-state index in [4.69, 9.17) is 4.74 Å². The van der Waals surface area contributed by atoms with E-state index in [2.05, 4.69) is 15.2 Å². The molecule has 274 valence electrons. The number of nitrogens with one attached hydrogen (secondary N) is 2. The zero-order valence-corrected chi connectivity index (χ0v) is 30.8. The van der Waals surface area contributed by atoms with Gasteiger partial charge in [0.05, 0.1) is 19.2 Å². The quantitative estimate of drug-likeness (QED) is 0.289. The number of methoxy groups -OCH3 is 1. The molecular weight excluding hydrogens is 650 g/mol. The number of likely N-dealkylation sites (tertiary alicyclic amines) is 2. The van der Waals surface area contributed by atoms with Crippen LogP contribution in [0, 0.1) is 11.8 Å². The summed E-state index contributed by atoms with van der Waals surface area (Å²) in [6.45, 7) is 9.80. The number of benzene rings is 2. The third kappa shape index (κ3) is 7.94. The van der Waals surface area contributed by atoms with Gasteiger partial charge in [-0.3, -0.25) is 24.0 Å². The number of carbonyl (C=O) groups is 6. The molecule has 3 aromatic rings. The van der Waals surface area contributed by atoms with E-state index in [-0.39, 0.29) is 54.0 Å². The van der Waals surface area contributed by atoms with Crippen molar-refractivity contribution in [2.75, 3.05) is 20.2 Å². The third-order valence-electron chi connectivity index (χ3n) is 10.4. The van der Waals surface area contributed by atoms with Crippen molar-refractivity contribution in [3.05, 3.63) is 47.5 Å². The van der Waals surface area contributed by atoms with Crippen LogP contribution in [0.15, 0.2) is 36.4 Å². The van der Waals surface area contributed by atoms with Gasteiger partial charge in [0.2, 0.25) is 17.7 Å². The molecule has 1 aromatic heterocycles. The molecule has 4 amide bonds. The largest absolute Gasteiger partial charge is 0.453 e. The fourth-order valence-corrected chi connectivity index (χ4v) is 7.67. The maximum absolute atomic E-state index is 13.6. The predicted octanol–water partition coefficient (Wildman–Crippen LogP) is 4.08. The minimum Gasteiger partial charge on any atom is -0.453 e. The van der Waals surface area contributed by atoms with Crippen molar-refractivity contribution in [2.24, 2.45) is 18.9 Å². The molecule has 51 heavy (non-hydrogen) atoms. The average Bonchev–Trinajstić information content (AvgIpc) is 3.84. The first-order valence-corrected chi connectivity index (χ1v) is 18.0. The van der Waals surface area contributed by atoms with Gasteiger partial charge in [0.25, 0.3) is 0 Å². The number of alkyl carbamates (subject to hydrolysis) is 1.